The van der Waals surface area contributed by atoms with Crippen molar-refractivity contribution in [2.24, 2.45) is 10.8 Å². The van der Waals surface area contributed by atoms with E-state index in [2.05, 4.69) is 27.7 Å². The molecule has 0 amide bonds. The largest absolute Gasteiger partial charge is 0.374 e. The molecule has 0 radical (unpaired) electrons. The number of fused-ring (bicyclic) bond motifs is 1. The molecule has 0 aromatic rings. The number of ketones is 1. The Morgan fingerprint density at radius 1 is 1.27 bits per heavy atom. The minimum absolute atomic E-state index is 0.120. The molecule has 1 aliphatic carbocycles. The topological polar surface area (TPSA) is 26.3 Å². The summed E-state index contributed by atoms with van der Waals surface area (Å²) < 4.78 is 6.06. The van der Waals surface area contributed by atoms with Gasteiger partial charge in [-0.05, 0) is 31.6 Å². The Morgan fingerprint density at radius 3 is 2.60 bits per heavy atom. The molecule has 15 heavy (non-hydrogen) atoms. The molecule has 86 valence electrons. The molecule has 1 saturated carbocycles. The average molecular weight is 210 g/mol. The fourth-order valence-electron chi connectivity index (χ4n) is 3.29. The molecule has 2 rings (SSSR count). The summed E-state index contributed by atoms with van der Waals surface area (Å²) in [5, 5.41) is 0. The van der Waals surface area contributed by atoms with Crippen molar-refractivity contribution in [1.29, 1.82) is 0 Å². The van der Waals surface area contributed by atoms with Gasteiger partial charge in [-0.15, -0.1) is 0 Å². The second-order valence-corrected chi connectivity index (χ2v) is 6.16. The predicted molar refractivity (Wildman–Crippen MR) is 59.7 cm³/mol. The standard InChI is InChI=1S/C13H22O2/c1-9-5-7-13(4)8-6-10(14)12(2,3)11(13)15-9/h9,11H,5-8H2,1-4H3/t9-,11-,13-/m0/s1. The number of rotatable bonds is 0. The van der Waals surface area contributed by atoms with E-state index in [9.17, 15) is 4.79 Å². The number of Topliss-reactive ketones (excluding diaryl/α,β-unsaturated/α-hetero) is 1. The molecule has 2 heteroatoms. The van der Waals surface area contributed by atoms with Crippen LogP contribution in [0.5, 0.6) is 0 Å². The molecule has 0 N–H and O–H groups in total. The summed E-state index contributed by atoms with van der Waals surface area (Å²) in [5.41, 5.74) is -0.0639. The number of carbonyl (C=O) groups is 1. The van der Waals surface area contributed by atoms with Gasteiger partial charge in [-0.3, -0.25) is 4.79 Å². The van der Waals surface area contributed by atoms with Gasteiger partial charge >= 0.3 is 0 Å². The van der Waals surface area contributed by atoms with Crippen LogP contribution in [0.25, 0.3) is 0 Å². The van der Waals surface area contributed by atoms with Gasteiger partial charge in [0.25, 0.3) is 0 Å². The van der Waals surface area contributed by atoms with E-state index in [0.717, 1.165) is 19.3 Å². The molecule has 0 unspecified atom stereocenters. The van der Waals surface area contributed by atoms with E-state index in [4.69, 9.17) is 4.74 Å². The maximum atomic E-state index is 11.9. The second kappa shape index (κ2) is 3.31. The summed E-state index contributed by atoms with van der Waals surface area (Å²) in [4.78, 5) is 11.9. The molecular weight excluding hydrogens is 188 g/mol. The molecule has 3 atom stereocenters. The average Bonchev–Trinajstić information content (AvgIpc) is 2.16. The monoisotopic (exact) mass is 210 g/mol. The van der Waals surface area contributed by atoms with Crippen LogP contribution in [0.4, 0.5) is 0 Å². The predicted octanol–water partition coefficient (Wildman–Crippen LogP) is 2.95. The third kappa shape index (κ3) is 1.63. The Bertz CT molecular complexity index is 282. The van der Waals surface area contributed by atoms with Gasteiger partial charge < -0.3 is 4.74 Å². The highest BCUT2D eigenvalue weighted by atomic mass is 16.5. The Morgan fingerprint density at radius 2 is 1.93 bits per heavy atom. The molecule has 1 aliphatic heterocycles. The van der Waals surface area contributed by atoms with E-state index >= 15 is 0 Å². The lowest BCUT2D eigenvalue weighted by Gasteiger charge is -2.53. The third-order valence-electron chi connectivity index (χ3n) is 4.42. The van der Waals surface area contributed by atoms with E-state index in [1.165, 1.54) is 6.42 Å². The Kier molecular flexibility index (Phi) is 2.45. The molecule has 2 aliphatic rings. The van der Waals surface area contributed by atoms with Crippen LogP contribution in [0.3, 0.4) is 0 Å². The first-order valence-corrected chi connectivity index (χ1v) is 6.05. The fourth-order valence-corrected chi connectivity index (χ4v) is 3.29. The van der Waals surface area contributed by atoms with E-state index in [-0.39, 0.29) is 16.9 Å². The van der Waals surface area contributed by atoms with Crippen LogP contribution in [0, 0.1) is 10.8 Å². The van der Waals surface area contributed by atoms with Gasteiger partial charge in [-0.25, -0.2) is 0 Å². The van der Waals surface area contributed by atoms with Gasteiger partial charge in [-0.2, -0.15) is 0 Å². The Labute approximate surface area is 92.4 Å². The Balaban J connectivity index is 2.30. The molecule has 0 aromatic heterocycles. The summed E-state index contributed by atoms with van der Waals surface area (Å²) in [6.45, 7) is 8.51. The number of hydrogen-bond acceptors (Lipinski definition) is 2. The maximum absolute atomic E-state index is 11.9. The SMILES string of the molecule is C[C@H]1CC[C@@]2(C)CCC(=O)C(C)(C)[C@@H]2O1. The highest BCUT2D eigenvalue weighted by Crippen LogP contribution is 2.51. The van der Waals surface area contributed by atoms with Crippen LogP contribution < -0.4 is 0 Å². The van der Waals surface area contributed by atoms with Gasteiger partial charge in [-0.1, -0.05) is 20.8 Å². The lowest BCUT2D eigenvalue weighted by Crippen LogP contribution is -2.56. The van der Waals surface area contributed by atoms with Gasteiger partial charge in [0.2, 0.25) is 0 Å². The number of hydrogen-bond donors (Lipinski definition) is 0. The van der Waals surface area contributed by atoms with Crippen LogP contribution in [0.2, 0.25) is 0 Å². The van der Waals surface area contributed by atoms with Crippen molar-refractivity contribution in [3.8, 4) is 0 Å². The second-order valence-electron chi connectivity index (χ2n) is 6.16. The summed E-state index contributed by atoms with van der Waals surface area (Å²) >= 11 is 0. The highest BCUT2D eigenvalue weighted by molar-refractivity contribution is 5.85. The zero-order valence-corrected chi connectivity index (χ0v) is 10.3. The minimum Gasteiger partial charge on any atom is -0.374 e. The van der Waals surface area contributed by atoms with Crippen LogP contribution in [0.1, 0.15) is 53.4 Å². The molecule has 2 fully saturated rings. The normalized spacial score (nSPS) is 44.9. The van der Waals surface area contributed by atoms with Gasteiger partial charge in [0.05, 0.1) is 17.6 Å². The first-order chi connectivity index (χ1) is 6.86. The first kappa shape index (κ1) is 11.1. The third-order valence-corrected chi connectivity index (χ3v) is 4.42. The van der Waals surface area contributed by atoms with Crippen molar-refractivity contribution >= 4 is 5.78 Å². The molecule has 0 spiro atoms. The van der Waals surface area contributed by atoms with Gasteiger partial charge in [0, 0.05) is 6.42 Å². The molecule has 0 aromatic carbocycles. The van der Waals surface area contributed by atoms with Crippen molar-refractivity contribution in [3.63, 3.8) is 0 Å². The first-order valence-electron chi connectivity index (χ1n) is 6.05. The lowest BCUT2D eigenvalue weighted by atomic mass is 9.58. The summed E-state index contributed by atoms with van der Waals surface area (Å²) in [6, 6.07) is 0. The van der Waals surface area contributed by atoms with E-state index < -0.39 is 0 Å². The van der Waals surface area contributed by atoms with E-state index in [0.29, 0.717) is 11.9 Å². The van der Waals surface area contributed by atoms with Crippen LogP contribution in [-0.4, -0.2) is 18.0 Å². The quantitative estimate of drug-likeness (QED) is 0.614. The van der Waals surface area contributed by atoms with Gasteiger partial charge in [0.1, 0.15) is 5.78 Å². The summed E-state index contributed by atoms with van der Waals surface area (Å²) in [5.74, 6) is 0.374. The van der Waals surface area contributed by atoms with Crippen molar-refractivity contribution in [2.75, 3.05) is 0 Å². The van der Waals surface area contributed by atoms with Crippen molar-refractivity contribution < 1.29 is 9.53 Å². The fraction of sp³-hybridized carbons (Fsp3) is 0.923. The lowest BCUT2D eigenvalue weighted by molar-refractivity contribution is -0.189. The summed E-state index contributed by atoms with van der Waals surface area (Å²) in [6.07, 6.45) is 4.51. The van der Waals surface area contributed by atoms with Crippen molar-refractivity contribution in [1.82, 2.24) is 0 Å². The van der Waals surface area contributed by atoms with Crippen LogP contribution in [0.15, 0.2) is 0 Å². The van der Waals surface area contributed by atoms with Gasteiger partial charge in [0.15, 0.2) is 0 Å². The smallest absolute Gasteiger partial charge is 0.141 e. The molecule has 1 heterocycles. The molecular formula is C13H22O2. The van der Waals surface area contributed by atoms with Crippen molar-refractivity contribution in [3.05, 3.63) is 0 Å². The zero-order chi connectivity index (χ0) is 11.3. The van der Waals surface area contributed by atoms with Crippen molar-refractivity contribution in [2.45, 2.75) is 65.6 Å². The van der Waals surface area contributed by atoms with Crippen LogP contribution in [-0.2, 0) is 9.53 Å². The highest BCUT2D eigenvalue weighted by Gasteiger charge is 2.53. The van der Waals surface area contributed by atoms with E-state index in [1.807, 2.05) is 0 Å². The molecule has 0 bridgehead atoms. The van der Waals surface area contributed by atoms with E-state index in [1.54, 1.807) is 0 Å². The minimum atomic E-state index is -0.290. The Hall–Kier alpha value is -0.370. The number of carbonyl (C=O) groups excluding carboxylic acids is 1. The molecule has 2 nitrogen and oxygen atoms in total. The summed E-state index contributed by atoms with van der Waals surface area (Å²) in [7, 11) is 0. The maximum Gasteiger partial charge on any atom is 0.141 e. The molecule has 1 saturated heterocycles. The van der Waals surface area contributed by atoms with Crippen LogP contribution >= 0.6 is 0 Å². The number of ether oxygens (including phenoxy) is 1. The zero-order valence-electron chi connectivity index (χ0n) is 10.3.